The predicted octanol–water partition coefficient (Wildman–Crippen LogP) is 2.86. The molecule has 92 valence electrons. The van der Waals surface area contributed by atoms with Gasteiger partial charge in [0.1, 0.15) is 5.84 Å². The zero-order chi connectivity index (χ0) is 12.6. The van der Waals surface area contributed by atoms with Gasteiger partial charge in [0.05, 0.1) is 10.2 Å². The lowest BCUT2D eigenvalue weighted by molar-refractivity contribution is 0.610. The zero-order valence-corrected chi connectivity index (χ0v) is 11.2. The molecule has 3 N–H and O–H groups in total. The van der Waals surface area contributed by atoms with Crippen LogP contribution in [0.25, 0.3) is 0 Å². The number of amidine groups is 1. The SMILES string of the molecule is CCN(c1ccc(C(=N)N)c(Br)c1F)C1CC1. The highest BCUT2D eigenvalue weighted by Crippen LogP contribution is 2.36. The Kier molecular flexibility index (Phi) is 3.38. The average molecular weight is 300 g/mol. The van der Waals surface area contributed by atoms with E-state index >= 15 is 0 Å². The van der Waals surface area contributed by atoms with E-state index in [0.29, 0.717) is 17.3 Å². The fourth-order valence-corrected chi connectivity index (χ4v) is 2.53. The molecule has 0 heterocycles. The van der Waals surface area contributed by atoms with Gasteiger partial charge in [0.2, 0.25) is 0 Å². The van der Waals surface area contributed by atoms with Crippen molar-refractivity contribution < 1.29 is 4.39 Å². The molecule has 0 spiro atoms. The highest BCUT2D eigenvalue weighted by atomic mass is 79.9. The summed E-state index contributed by atoms with van der Waals surface area (Å²) in [4.78, 5) is 2.06. The van der Waals surface area contributed by atoms with Gasteiger partial charge in [-0.3, -0.25) is 5.41 Å². The molecule has 0 unspecified atom stereocenters. The number of nitrogen functional groups attached to an aromatic ring is 1. The first-order valence-corrected chi connectivity index (χ1v) is 6.44. The largest absolute Gasteiger partial charge is 0.384 e. The first-order valence-electron chi connectivity index (χ1n) is 5.65. The third-order valence-electron chi connectivity index (χ3n) is 2.99. The summed E-state index contributed by atoms with van der Waals surface area (Å²) in [6, 6.07) is 3.86. The van der Waals surface area contributed by atoms with E-state index in [4.69, 9.17) is 11.1 Å². The lowest BCUT2D eigenvalue weighted by Gasteiger charge is -2.24. The molecular weight excluding hydrogens is 285 g/mol. The molecule has 1 aromatic carbocycles. The first kappa shape index (κ1) is 12.4. The van der Waals surface area contributed by atoms with Crippen LogP contribution in [0.3, 0.4) is 0 Å². The van der Waals surface area contributed by atoms with Crippen molar-refractivity contribution in [2.75, 3.05) is 11.4 Å². The third kappa shape index (κ3) is 2.29. The number of halogens is 2. The molecular formula is C12H15BrFN3. The van der Waals surface area contributed by atoms with Gasteiger partial charge in [0, 0.05) is 18.2 Å². The van der Waals surface area contributed by atoms with E-state index in [1.807, 2.05) is 6.92 Å². The molecule has 17 heavy (non-hydrogen) atoms. The van der Waals surface area contributed by atoms with Crippen LogP contribution in [-0.4, -0.2) is 18.4 Å². The van der Waals surface area contributed by atoms with Crippen molar-refractivity contribution in [3.8, 4) is 0 Å². The molecule has 0 aliphatic heterocycles. The molecule has 0 bridgehead atoms. The maximum atomic E-state index is 14.2. The molecule has 0 amide bonds. The number of hydrogen-bond acceptors (Lipinski definition) is 2. The Hall–Kier alpha value is -1.10. The second-order valence-corrected chi connectivity index (χ2v) is 4.98. The van der Waals surface area contributed by atoms with E-state index in [9.17, 15) is 4.39 Å². The number of nitrogens with two attached hydrogens (primary N) is 1. The van der Waals surface area contributed by atoms with Crippen LogP contribution in [-0.2, 0) is 0 Å². The van der Waals surface area contributed by atoms with E-state index in [-0.39, 0.29) is 16.1 Å². The summed E-state index contributed by atoms with van der Waals surface area (Å²) < 4.78 is 14.5. The van der Waals surface area contributed by atoms with Crippen LogP contribution in [0, 0.1) is 11.2 Å². The molecule has 0 aromatic heterocycles. The number of nitrogens with one attached hydrogen (secondary N) is 1. The minimum Gasteiger partial charge on any atom is -0.384 e. The second-order valence-electron chi connectivity index (χ2n) is 4.19. The molecule has 0 atom stereocenters. The van der Waals surface area contributed by atoms with Gasteiger partial charge in [0.25, 0.3) is 0 Å². The summed E-state index contributed by atoms with van der Waals surface area (Å²) >= 11 is 3.18. The lowest BCUT2D eigenvalue weighted by Crippen LogP contribution is -2.26. The van der Waals surface area contributed by atoms with Crippen molar-refractivity contribution in [2.24, 2.45) is 5.73 Å². The summed E-state index contributed by atoms with van der Waals surface area (Å²) in [6.07, 6.45) is 2.25. The maximum absolute atomic E-state index is 14.2. The second kappa shape index (κ2) is 4.64. The molecule has 1 saturated carbocycles. The van der Waals surface area contributed by atoms with Crippen molar-refractivity contribution in [1.82, 2.24) is 0 Å². The standard InChI is InChI=1S/C12H15BrFN3/c1-2-17(7-3-4-7)9-6-5-8(12(15)16)10(13)11(9)14/h5-7H,2-4H2,1H3,(H3,15,16). The topological polar surface area (TPSA) is 53.1 Å². The van der Waals surface area contributed by atoms with Crippen molar-refractivity contribution >= 4 is 27.5 Å². The molecule has 0 saturated heterocycles. The molecule has 0 radical (unpaired) electrons. The molecule has 5 heteroatoms. The Labute approximate surface area is 108 Å². The van der Waals surface area contributed by atoms with Crippen LogP contribution < -0.4 is 10.6 Å². The highest BCUT2D eigenvalue weighted by Gasteiger charge is 2.30. The molecule has 1 aliphatic rings. The normalized spacial score (nSPS) is 14.8. The van der Waals surface area contributed by atoms with E-state index in [1.54, 1.807) is 12.1 Å². The molecule has 1 aromatic rings. The Morgan fingerprint density at radius 1 is 1.59 bits per heavy atom. The van der Waals surface area contributed by atoms with Gasteiger partial charge in [0.15, 0.2) is 5.82 Å². The van der Waals surface area contributed by atoms with Gasteiger partial charge in [-0.05, 0) is 47.8 Å². The molecule has 2 rings (SSSR count). The third-order valence-corrected chi connectivity index (χ3v) is 3.77. The smallest absolute Gasteiger partial charge is 0.161 e. The Balaban J connectivity index is 2.42. The Morgan fingerprint density at radius 3 is 2.71 bits per heavy atom. The van der Waals surface area contributed by atoms with Crippen LogP contribution >= 0.6 is 15.9 Å². The Bertz CT molecular complexity index is 457. The fraction of sp³-hybridized carbons (Fsp3) is 0.417. The summed E-state index contributed by atoms with van der Waals surface area (Å²) in [6.45, 7) is 2.80. The maximum Gasteiger partial charge on any atom is 0.161 e. The first-order chi connectivity index (χ1) is 8.06. The van der Waals surface area contributed by atoms with Crippen LogP contribution in [0.5, 0.6) is 0 Å². The van der Waals surface area contributed by atoms with Gasteiger partial charge < -0.3 is 10.6 Å². The number of hydrogen-bond donors (Lipinski definition) is 2. The van der Waals surface area contributed by atoms with Crippen LogP contribution in [0.2, 0.25) is 0 Å². The van der Waals surface area contributed by atoms with E-state index in [1.165, 1.54) is 0 Å². The molecule has 3 nitrogen and oxygen atoms in total. The van der Waals surface area contributed by atoms with Crippen molar-refractivity contribution in [2.45, 2.75) is 25.8 Å². The Morgan fingerprint density at radius 2 is 2.24 bits per heavy atom. The molecule has 1 aliphatic carbocycles. The number of benzene rings is 1. The quantitative estimate of drug-likeness (QED) is 0.663. The van der Waals surface area contributed by atoms with Crippen LogP contribution in [0.15, 0.2) is 16.6 Å². The number of nitrogens with zero attached hydrogens (tertiary/aromatic N) is 1. The van der Waals surface area contributed by atoms with Crippen LogP contribution in [0.1, 0.15) is 25.3 Å². The zero-order valence-electron chi connectivity index (χ0n) is 9.63. The fourth-order valence-electron chi connectivity index (χ4n) is 1.98. The summed E-state index contributed by atoms with van der Waals surface area (Å²) in [5.74, 6) is -0.455. The van der Waals surface area contributed by atoms with Gasteiger partial charge in [-0.15, -0.1) is 0 Å². The highest BCUT2D eigenvalue weighted by molar-refractivity contribution is 9.10. The summed E-state index contributed by atoms with van der Waals surface area (Å²) in [7, 11) is 0. The minimum absolute atomic E-state index is 0.128. The van der Waals surface area contributed by atoms with Gasteiger partial charge in [-0.1, -0.05) is 0 Å². The predicted molar refractivity (Wildman–Crippen MR) is 71.2 cm³/mol. The van der Waals surface area contributed by atoms with Crippen molar-refractivity contribution in [3.63, 3.8) is 0 Å². The van der Waals surface area contributed by atoms with Gasteiger partial charge in [-0.25, -0.2) is 4.39 Å². The number of rotatable bonds is 4. The van der Waals surface area contributed by atoms with E-state index in [0.717, 1.165) is 19.4 Å². The summed E-state index contributed by atoms with van der Waals surface area (Å²) in [5, 5.41) is 7.36. The van der Waals surface area contributed by atoms with E-state index < -0.39 is 0 Å². The molecule has 1 fully saturated rings. The van der Waals surface area contributed by atoms with Crippen molar-refractivity contribution in [3.05, 3.63) is 28.0 Å². The monoisotopic (exact) mass is 299 g/mol. The lowest BCUT2D eigenvalue weighted by atomic mass is 10.1. The van der Waals surface area contributed by atoms with Crippen LogP contribution in [0.4, 0.5) is 10.1 Å². The van der Waals surface area contributed by atoms with Crippen molar-refractivity contribution in [1.29, 1.82) is 5.41 Å². The summed E-state index contributed by atoms with van der Waals surface area (Å²) in [5.41, 5.74) is 6.38. The van der Waals surface area contributed by atoms with Gasteiger partial charge >= 0.3 is 0 Å². The number of anilines is 1. The minimum atomic E-state index is -0.327. The van der Waals surface area contributed by atoms with E-state index in [2.05, 4.69) is 20.8 Å². The average Bonchev–Trinajstić information content (AvgIpc) is 3.09. The van der Waals surface area contributed by atoms with Gasteiger partial charge in [-0.2, -0.15) is 0 Å².